The van der Waals surface area contributed by atoms with Crippen LogP contribution in [0.1, 0.15) is 5.56 Å². The Kier molecular flexibility index (Phi) is 5.94. The lowest BCUT2D eigenvalue weighted by Gasteiger charge is -2.06. The van der Waals surface area contributed by atoms with E-state index < -0.39 is 14.7 Å². The summed E-state index contributed by atoms with van der Waals surface area (Å²) < 4.78 is 26.5. The summed E-state index contributed by atoms with van der Waals surface area (Å²) in [5.41, 5.74) is 0.274. The zero-order valence-corrected chi connectivity index (χ0v) is 17.2. The number of nitriles is 1. The second-order valence-corrected chi connectivity index (χ2v) is 9.17. The summed E-state index contributed by atoms with van der Waals surface area (Å²) in [6.07, 6.45) is 1.17. The maximum atomic E-state index is 12.5. The van der Waals surface area contributed by atoms with Crippen molar-refractivity contribution in [1.29, 1.82) is 5.26 Å². The molecule has 0 saturated heterocycles. The molecule has 0 atom stereocenters. The zero-order valence-electron chi connectivity index (χ0n) is 11.3. The Hall–Kier alpha value is -0.830. The number of hydrogen-bond donors (Lipinski definition) is 1. The molecule has 0 aliphatic heterocycles. The fourth-order valence-corrected chi connectivity index (χ4v) is 4.91. The van der Waals surface area contributed by atoms with Gasteiger partial charge in [-0.05, 0) is 87.7 Å². The quantitative estimate of drug-likeness (QED) is 0.432. The van der Waals surface area contributed by atoms with Crippen LogP contribution >= 0.6 is 56.8 Å². The molecule has 0 bridgehead atoms. The number of benzene rings is 2. The first kappa shape index (κ1) is 18.5. The molecule has 0 aliphatic carbocycles. The van der Waals surface area contributed by atoms with E-state index in [1.807, 2.05) is 22.6 Å². The molecule has 0 amide bonds. The van der Waals surface area contributed by atoms with Crippen molar-refractivity contribution in [2.75, 3.05) is 0 Å². The Morgan fingerprint density at radius 1 is 1.22 bits per heavy atom. The van der Waals surface area contributed by atoms with Gasteiger partial charge in [-0.2, -0.15) is 5.26 Å². The number of phenols is 1. The summed E-state index contributed by atoms with van der Waals surface area (Å²) in [7, 11) is -3.98. The number of hydrogen-bond acceptors (Lipinski definition) is 4. The van der Waals surface area contributed by atoms with E-state index in [9.17, 15) is 18.8 Å². The van der Waals surface area contributed by atoms with Gasteiger partial charge in [-0.15, -0.1) is 0 Å². The molecule has 8 heteroatoms. The molecular formula is C15H8ClI2NO3S. The van der Waals surface area contributed by atoms with Gasteiger partial charge in [0.2, 0.25) is 9.84 Å². The van der Waals surface area contributed by atoms with Gasteiger partial charge in [0.1, 0.15) is 16.7 Å². The van der Waals surface area contributed by atoms with Crippen LogP contribution in [0.2, 0.25) is 5.02 Å². The van der Waals surface area contributed by atoms with E-state index in [4.69, 9.17) is 11.6 Å². The highest BCUT2D eigenvalue weighted by Crippen LogP contribution is 2.30. The molecule has 118 valence electrons. The predicted molar refractivity (Wildman–Crippen MR) is 106 cm³/mol. The monoisotopic (exact) mass is 571 g/mol. The zero-order chi connectivity index (χ0) is 17.2. The Labute approximate surface area is 166 Å². The Balaban J connectivity index is 2.60. The number of allylic oxidation sites excluding steroid dienone is 1. The third-order valence-corrected chi connectivity index (χ3v) is 6.25. The molecule has 0 fully saturated rings. The number of rotatable bonds is 3. The van der Waals surface area contributed by atoms with Crippen molar-refractivity contribution in [3.05, 3.63) is 59.0 Å². The molecule has 0 saturated carbocycles. The van der Waals surface area contributed by atoms with Crippen molar-refractivity contribution < 1.29 is 13.5 Å². The largest absolute Gasteiger partial charge is 0.506 e. The van der Waals surface area contributed by atoms with Crippen LogP contribution in [0.15, 0.2) is 46.2 Å². The van der Waals surface area contributed by atoms with Gasteiger partial charge in [-0.25, -0.2) is 8.42 Å². The second kappa shape index (κ2) is 7.38. The molecule has 23 heavy (non-hydrogen) atoms. The first-order valence-corrected chi connectivity index (χ1v) is 10.1. The van der Waals surface area contributed by atoms with Crippen LogP contribution in [0, 0.1) is 18.5 Å². The number of aromatic hydroxyl groups is 1. The fraction of sp³-hybridized carbons (Fsp3) is 0. The third-order valence-electron chi connectivity index (χ3n) is 2.87. The van der Waals surface area contributed by atoms with E-state index in [0.717, 1.165) is 3.57 Å². The molecule has 0 unspecified atom stereocenters. The Morgan fingerprint density at radius 3 is 2.39 bits per heavy atom. The van der Waals surface area contributed by atoms with Crippen molar-refractivity contribution in [1.82, 2.24) is 0 Å². The van der Waals surface area contributed by atoms with Crippen molar-refractivity contribution in [2.45, 2.75) is 4.90 Å². The van der Waals surface area contributed by atoms with Crippen molar-refractivity contribution in [3.63, 3.8) is 0 Å². The molecule has 0 heterocycles. The lowest BCUT2D eigenvalue weighted by molar-refractivity contribution is 0.470. The van der Waals surface area contributed by atoms with E-state index >= 15 is 0 Å². The number of phenolic OH excluding ortho intramolecular Hbond substituents is 1. The topological polar surface area (TPSA) is 78.2 Å². The van der Waals surface area contributed by atoms with Gasteiger partial charge in [0, 0.05) is 14.2 Å². The maximum Gasteiger partial charge on any atom is 0.216 e. The molecule has 0 aliphatic rings. The van der Waals surface area contributed by atoms with Crippen LogP contribution in [0.5, 0.6) is 5.75 Å². The number of sulfone groups is 1. The molecule has 0 aromatic heterocycles. The minimum absolute atomic E-state index is 0.0329. The predicted octanol–water partition coefficient (Wildman–Crippen LogP) is 4.59. The highest BCUT2D eigenvalue weighted by atomic mass is 127. The molecule has 0 radical (unpaired) electrons. The molecule has 4 nitrogen and oxygen atoms in total. The van der Waals surface area contributed by atoms with Crippen LogP contribution in [0.25, 0.3) is 6.08 Å². The SMILES string of the molecule is N#CC(=Cc1cc(I)cc(I)c1O)S(=O)(=O)c1ccc(Cl)cc1. The highest BCUT2D eigenvalue weighted by Gasteiger charge is 2.21. The molecular weight excluding hydrogens is 563 g/mol. The minimum atomic E-state index is -3.98. The summed E-state index contributed by atoms with van der Waals surface area (Å²) in [6.45, 7) is 0. The summed E-state index contributed by atoms with van der Waals surface area (Å²) in [6, 6.07) is 10.6. The maximum absolute atomic E-state index is 12.5. The van der Waals surface area contributed by atoms with Crippen LogP contribution in [-0.4, -0.2) is 13.5 Å². The number of nitrogens with zero attached hydrogens (tertiary/aromatic N) is 1. The van der Waals surface area contributed by atoms with Crippen LogP contribution < -0.4 is 0 Å². The van der Waals surface area contributed by atoms with E-state index in [0.29, 0.717) is 8.59 Å². The first-order chi connectivity index (χ1) is 10.8. The molecule has 2 aromatic carbocycles. The van der Waals surface area contributed by atoms with Crippen molar-refractivity contribution in [3.8, 4) is 11.8 Å². The first-order valence-electron chi connectivity index (χ1n) is 6.06. The van der Waals surface area contributed by atoms with Gasteiger partial charge in [0.15, 0.2) is 0 Å². The van der Waals surface area contributed by atoms with Gasteiger partial charge >= 0.3 is 0 Å². The second-order valence-electron chi connectivity index (χ2n) is 4.40. The third kappa shape index (κ3) is 4.17. The van der Waals surface area contributed by atoms with Gasteiger partial charge in [0.25, 0.3) is 0 Å². The van der Waals surface area contributed by atoms with Crippen LogP contribution in [0.4, 0.5) is 0 Å². The van der Waals surface area contributed by atoms with Gasteiger partial charge in [-0.1, -0.05) is 11.6 Å². The summed E-state index contributed by atoms with van der Waals surface area (Å²) in [5.74, 6) is -0.0647. The van der Waals surface area contributed by atoms with Gasteiger partial charge < -0.3 is 5.11 Å². The van der Waals surface area contributed by atoms with Gasteiger partial charge in [-0.3, -0.25) is 0 Å². The van der Waals surface area contributed by atoms with E-state index in [2.05, 4.69) is 22.6 Å². The number of halogens is 3. The Bertz CT molecular complexity index is 932. The lowest BCUT2D eigenvalue weighted by atomic mass is 10.2. The summed E-state index contributed by atoms with van der Waals surface area (Å²) >= 11 is 9.74. The van der Waals surface area contributed by atoms with Crippen LogP contribution in [-0.2, 0) is 9.84 Å². The normalized spacial score (nSPS) is 12.0. The van der Waals surface area contributed by atoms with Crippen LogP contribution in [0.3, 0.4) is 0 Å². The van der Waals surface area contributed by atoms with Gasteiger partial charge in [0.05, 0.1) is 8.47 Å². The fourth-order valence-electron chi connectivity index (χ4n) is 1.75. The molecule has 2 rings (SSSR count). The highest BCUT2D eigenvalue weighted by molar-refractivity contribution is 14.1. The standard InChI is InChI=1S/C15H8ClI2NO3S/c16-10-1-3-12(4-2-10)23(21,22)13(8-19)6-9-5-11(17)7-14(18)15(9)20/h1-7,20H. The van der Waals surface area contributed by atoms with E-state index in [1.54, 1.807) is 18.2 Å². The molecule has 1 N–H and O–H groups in total. The molecule has 0 spiro atoms. The lowest BCUT2D eigenvalue weighted by Crippen LogP contribution is -2.03. The minimum Gasteiger partial charge on any atom is -0.506 e. The van der Waals surface area contributed by atoms with Crippen molar-refractivity contribution >= 4 is 72.7 Å². The van der Waals surface area contributed by atoms with E-state index in [-0.39, 0.29) is 16.2 Å². The summed E-state index contributed by atoms with van der Waals surface area (Å²) in [4.78, 5) is -0.484. The molecule has 2 aromatic rings. The Morgan fingerprint density at radius 2 is 1.83 bits per heavy atom. The smallest absolute Gasteiger partial charge is 0.216 e. The average Bonchev–Trinajstić information content (AvgIpc) is 2.49. The summed E-state index contributed by atoms with van der Waals surface area (Å²) in [5, 5.41) is 19.7. The van der Waals surface area contributed by atoms with E-state index in [1.165, 1.54) is 30.3 Å². The van der Waals surface area contributed by atoms with Crippen molar-refractivity contribution in [2.24, 2.45) is 0 Å². The average molecular weight is 572 g/mol.